The van der Waals surface area contributed by atoms with Crippen molar-refractivity contribution in [2.24, 2.45) is 13.0 Å². The lowest BCUT2D eigenvalue weighted by Crippen LogP contribution is -2.29. The van der Waals surface area contributed by atoms with Crippen LogP contribution in [0.15, 0.2) is 6.20 Å². The number of aryl methyl sites for hydroxylation is 1. The standard InChI is InChI=1S/C15H22N6/c1-16-14-12-7-17-20(2)15(12)19-13(18-14)9-21(11-5-6-11)8-10-3-4-10/h7,10-11H,3-6,8-9H2,1-2H3,(H,16,18,19). The van der Waals surface area contributed by atoms with E-state index in [1.807, 2.05) is 25.0 Å². The number of rotatable bonds is 6. The van der Waals surface area contributed by atoms with Gasteiger partial charge in [-0.05, 0) is 31.6 Å². The first-order chi connectivity index (χ1) is 10.2. The molecule has 112 valence electrons. The molecule has 0 aromatic carbocycles. The monoisotopic (exact) mass is 286 g/mol. The molecule has 0 amide bonds. The average Bonchev–Trinajstić information content (AvgIpc) is 3.38. The molecule has 1 N–H and O–H groups in total. The Labute approximate surface area is 124 Å². The Kier molecular flexibility index (Phi) is 3.06. The molecule has 0 unspecified atom stereocenters. The number of aromatic nitrogens is 4. The molecule has 2 aliphatic rings. The van der Waals surface area contributed by atoms with E-state index in [1.54, 1.807) is 0 Å². The lowest BCUT2D eigenvalue weighted by molar-refractivity contribution is 0.238. The highest BCUT2D eigenvalue weighted by atomic mass is 15.3. The Morgan fingerprint density at radius 1 is 1.29 bits per heavy atom. The van der Waals surface area contributed by atoms with E-state index in [1.165, 1.54) is 32.2 Å². The van der Waals surface area contributed by atoms with Crippen LogP contribution in [0.4, 0.5) is 5.82 Å². The summed E-state index contributed by atoms with van der Waals surface area (Å²) < 4.78 is 1.82. The zero-order valence-electron chi connectivity index (χ0n) is 12.7. The Bertz CT molecular complexity index is 655. The molecule has 2 heterocycles. The molecule has 0 aliphatic heterocycles. The van der Waals surface area contributed by atoms with Gasteiger partial charge in [0, 0.05) is 26.7 Å². The highest BCUT2D eigenvalue weighted by Gasteiger charge is 2.34. The fraction of sp³-hybridized carbons (Fsp3) is 0.667. The first-order valence-corrected chi connectivity index (χ1v) is 7.85. The first-order valence-electron chi connectivity index (χ1n) is 7.85. The quantitative estimate of drug-likeness (QED) is 0.877. The van der Waals surface area contributed by atoms with Crippen LogP contribution < -0.4 is 5.32 Å². The molecule has 2 aromatic heterocycles. The summed E-state index contributed by atoms with van der Waals surface area (Å²) in [4.78, 5) is 12.0. The van der Waals surface area contributed by atoms with Gasteiger partial charge in [0.05, 0.1) is 18.1 Å². The number of hydrogen-bond donors (Lipinski definition) is 1. The summed E-state index contributed by atoms with van der Waals surface area (Å²) in [5.41, 5.74) is 0.909. The van der Waals surface area contributed by atoms with Gasteiger partial charge in [-0.1, -0.05) is 0 Å². The lowest BCUT2D eigenvalue weighted by Gasteiger charge is -2.21. The van der Waals surface area contributed by atoms with Crippen LogP contribution >= 0.6 is 0 Å². The topological polar surface area (TPSA) is 58.9 Å². The van der Waals surface area contributed by atoms with Gasteiger partial charge in [0.25, 0.3) is 0 Å². The van der Waals surface area contributed by atoms with Crippen LogP contribution in [0.1, 0.15) is 31.5 Å². The van der Waals surface area contributed by atoms with E-state index in [9.17, 15) is 0 Å². The van der Waals surface area contributed by atoms with Crippen LogP contribution in [-0.2, 0) is 13.6 Å². The fourth-order valence-corrected chi connectivity index (χ4v) is 2.92. The second kappa shape index (κ2) is 4.94. The summed E-state index contributed by atoms with van der Waals surface area (Å²) in [5.74, 6) is 2.70. The second-order valence-electron chi connectivity index (χ2n) is 6.35. The zero-order chi connectivity index (χ0) is 14.4. The smallest absolute Gasteiger partial charge is 0.163 e. The molecule has 0 bridgehead atoms. The lowest BCUT2D eigenvalue weighted by atomic mass is 10.3. The Hall–Kier alpha value is -1.69. The minimum atomic E-state index is 0.759. The van der Waals surface area contributed by atoms with E-state index >= 15 is 0 Å². The molecule has 2 aliphatic carbocycles. The van der Waals surface area contributed by atoms with Gasteiger partial charge in [-0.3, -0.25) is 9.58 Å². The highest BCUT2D eigenvalue weighted by molar-refractivity contribution is 5.86. The molecule has 0 saturated heterocycles. The predicted octanol–water partition coefficient (Wildman–Crippen LogP) is 1.78. The van der Waals surface area contributed by atoms with Crippen LogP contribution in [0.3, 0.4) is 0 Å². The summed E-state index contributed by atoms with van der Waals surface area (Å²) in [6.45, 7) is 2.07. The third kappa shape index (κ3) is 2.60. The Balaban J connectivity index is 1.63. The SMILES string of the molecule is CNc1nc(CN(CC2CC2)C2CC2)nc2c1cnn2C. The molecular formula is C15H22N6. The molecular weight excluding hydrogens is 264 g/mol. The summed E-state index contributed by atoms with van der Waals surface area (Å²) in [6, 6.07) is 0.759. The maximum absolute atomic E-state index is 4.73. The van der Waals surface area contributed by atoms with E-state index in [2.05, 4.69) is 15.3 Å². The first kappa shape index (κ1) is 13.0. The van der Waals surface area contributed by atoms with Crippen molar-refractivity contribution in [2.75, 3.05) is 18.9 Å². The normalized spacial score (nSPS) is 18.6. The molecule has 4 rings (SSSR count). The third-order valence-corrected chi connectivity index (χ3v) is 4.47. The predicted molar refractivity (Wildman–Crippen MR) is 82.0 cm³/mol. The Morgan fingerprint density at radius 3 is 2.76 bits per heavy atom. The van der Waals surface area contributed by atoms with Crippen molar-refractivity contribution in [3.63, 3.8) is 0 Å². The van der Waals surface area contributed by atoms with Crippen LogP contribution in [-0.4, -0.2) is 44.3 Å². The average molecular weight is 286 g/mol. The van der Waals surface area contributed by atoms with E-state index in [-0.39, 0.29) is 0 Å². The maximum atomic E-state index is 4.73. The van der Waals surface area contributed by atoms with E-state index in [0.29, 0.717) is 0 Å². The molecule has 0 radical (unpaired) electrons. The molecule has 2 aromatic rings. The molecule has 0 atom stereocenters. The van der Waals surface area contributed by atoms with Gasteiger partial charge in [-0.15, -0.1) is 0 Å². The largest absolute Gasteiger partial charge is 0.372 e. The zero-order valence-corrected chi connectivity index (χ0v) is 12.7. The van der Waals surface area contributed by atoms with Crippen molar-refractivity contribution in [2.45, 2.75) is 38.3 Å². The minimum absolute atomic E-state index is 0.759. The van der Waals surface area contributed by atoms with Crippen molar-refractivity contribution in [1.29, 1.82) is 0 Å². The van der Waals surface area contributed by atoms with Gasteiger partial charge in [0.15, 0.2) is 5.65 Å². The van der Waals surface area contributed by atoms with Crippen molar-refractivity contribution in [1.82, 2.24) is 24.6 Å². The van der Waals surface area contributed by atoms with Gasteiger partial charge >= 0.3 is 0 Å². The number of anilines is 1. The third-order valence-electron chi connectivity index (χ3n) is 4.47. The van der Waals surface area contributed by atoms with Crippen LogP contribution in [0.25, 0.3) is 11.0 Å². The maximum Gasteiger partial charge on any atom is 0.163 e. The summed E-state index contributed by atoms with van der Waals surface area (Å²) in [5, 5.41) is 8.45. The molecule has 2 saturated carbocycles. The van der Waals surface area contributed by atoms with E-state index < -0.39 is 0 Å². The fourth-order valence-electron chi connectivity index (χ4n) is 2.92. The molecule has 0 spiro atoms. The number of hydrogen-bond acceptors (Lipinski definition) is 5. The van der Waals surface area contributed by atoms with Crippen molar-refractivity contribution in [3.05, 3.63) is 12.0 Å². The summed E-state index contributed by atoms with van der Waals surface area (Å²) in [6.07, 6.45) is 7.28. The highest BCUT2D eigenvalue weighted by Crippen LogP contribution is 2.35. The number of nitrogens with zero attached hydrogens (tertiary/aromatic N) is 5. The van der Waals surface area contributed by atoms with Gasteiger partial charge in [-0.25, -0.2) is 9.97 Å². The van der Waals surface area contributed by atoms with E-state index in [4.69, 9.17) is 9.97 Å². The van der Waals surface area contributed by atoms with Gasteiger partial charge in [0.1, 0.15) is 11.6 Å². The molecule has 21 heavy (non-hydrogen) atoms. The molecule has 6 heteroatoms. The van der Waals surface area contributed by atoms with Crippen LogP contribution in [0.5, 0.6) is 0 Å². The molecule has 2 fully saturated rings. The summed E-state index contributed by atoms with van der Waals surface area (Å²) >= 11 is 0. The van der Waals surface area contributed by atoms with Gasteiger partial charge in [-0.2, -0.15) is 5.10 Å². The Morgan fingerprint density at radius 2 is 2.10 bits per heavy atom. The van der Waals surface area contributed by atoms with Crippen molar-refractivity contribution in [3.8, 4) is 0 Å². The number of fused-ring (bicyclic) bond motifs is 1. The van der Waals surface area contributed by atoms with Crippen molar-refractivity contribution >= 4 is 16.9 Å². The molecule has 6 nitrogen and oxygen atoms in total. The minimum Gasteiger partial charge on any atom is -0.372 e. The number of nitrogens with one attached hydrogen (secondary N) is 1. The second-order valence-corrected chi connectivity index (χ2v) is 6.35. The van der Waals surface area contributed by atoms with Crippen molar-refractivity contribution < 1.29 is 0 Å². The van der Waals surface area contributed by atoms with Crippen LogP contribution in [0, 0.1) is 5.92 Å². The van der Waals surface area contributed by atoms with Crippen LogP contribution in [0.2, 0.25) is 0 Å². The summed E-state index contributed by atoms with van der Waals surface area (Å²) in [7, 11) is 3.84. The van der Waals surface area contributed by atoms with E-state index in [0.717, 1.165) is 41.2 Å². The van der Waals surface area contributed by atoms with Gasteiger partial charge < -0.3 is 5.32 Å². The van der Waals surface area contributed by atoms with Gasteiger partial charge in [0.2, 0.25) is 0 Å².